The van der Waals surface area contributed by atoms with Crippen molar-refractivity contribution in [2.75, 3.05) is 7.11 Å². The van der Waals surface area contributed by atoms with E-state index >= 15 is 0 Å². The standard InChI is InChI=1S/C17H26N2OS/c1-13(2)8-6-4-5-7-11-19-16-12-14(20-3)9-10-15(16)18-17(19)21/h9-10,12-13H,4-8,11H2,1-3H3,(H,18,21). The van der Waals surface area contributed by atoms with Gasteiger partial charge in [-0.05, 0) is 36.7 Å². The number of aromatic nitrogens is 2. The molecule has 116 valence electrons. The Morgan fingerprint density at radius 3 is 2.67 bits per heavy atom. The monoisotopic (exact) mass is 306 g/mol. The van der Waals surface area contributed by atoms with E-state index in [1.165, 1.54) is 32.1 Å². The van der Waals surface area contributed by atoms with Crippen molar-refractivity contribution in [3.8, 4) is 5.75 Å². The van der Waals surface area contributed by atoms with Crippen molar-refractivity contribution in [2.24, 2.45) is 5.92 Å². The van der Waals surface area contributed by atoms with Gasteiger partial charge in [-0.1, -0.05) is 39.5 Å². The van der Waals surface area contributed by atoms with Crippen LogP contribution in [0.3, 0.4) is 0 Å². The highest BCUT2D eigenvalue weighted by Gasteiger charge is 2.05. The summed E-state index contributed by atoms with van der Waals surface area (Å²) in [5, 5.41) is 0. The Labute approximate surface area is 132 Å². The summed E-state index contributed by atoms with van der Waals surface area (Å²) in [4.78, 5) is 3.27. The summed E-state index contributed by atoms with van der Waals surface area (Å²) in [6.07, 6.45) is 6.44. The smallest absolute Gasteiger partial charge is 0.178 e. The number of unbranched alkanes of at least 4 members (excludes halogenated alkanes) is 3. The van der Waals surface area contributed by atoms with Crippen molar-refractivity contribution in [1.29, 1.82) is 0 Å². The first-order chi connectivity index (χ1) is 10.1. The highest BCUT2D eigenvalue weighted by molar-refractivity contribution is 7.71. The number of hydrogen-bond donors (Lipinski definition) is 1. The summed E-state index contributed by atoms with van der Waals surface area (Å²) in [5.41, 5.74) is 2.22. The largest absolute Gasteiger partial charge is 0.497 e. The van der Waals surface area contributed by atoms with Crippen molar-refractivity contribution in [3.63, 3.8) is 0 Å². The van der Waals surface area contributed by atoms with Crippen LogP contribution in [0.2, 0.25) is 0 Å². The lowest BCUT2D eigenvalue weighted by atomic mass is 10.0. The summed E-state index contributed by atoms with van der Waals surface area (Å²) < 4.78 is 8.30. The molecule has 21 heavy (non-hydrogen) atoms. The molecule has 1 heterocycles. The van der Waals surface area contributed by atoms with E-state index in [0.717, 1.165) is 34.0 Å². The summed E-state index contributed by atoms with van der Waals surface area (Å²) in [6.45, 7) is 5.56. The number of H-pyrrole nitrogens is 1. The predicted octanol–water partition coefficient (Wildman–Crippen LogP) is 5.31. The molecule has 0 unspecified atom stereocenters. The lowest BCUT2D eigenvalue weighted by molar-refractivity contribution is 0.415. The van der Waals surface area contributed by atoms with Gasteiger partial charge < -0.3 is 14.3 Å². The number of imidazole rings is 1. The molecule has 2 rings (SSSR count). The van der Waals surface area contributed by atoms with Crippen molar-refractivity contribution in [3.05, 3.63) is 23.0 Å². The van der Waals surface area contributed by atoms with E-state index < -0.39 is 0 Å². The van der Waals surface area contributed by atoms with Crippen LogP contribution in [-0.4, -0.2) is 16.7 Å². The molecule has 0 amide bonds. The van der Waals surface area contributed by atoms with Gasteiger partial charge in [0, 0.05) is 12.6 Å². The first kappa shape index (κ1) is 16.1. The minimum absolute atomic E-state index is 0.806. The van der Waals surface area contributed by atoms with E-state index in [4.69, 9.17) is 17.0 Å². The van der Waals surface area contributed by atoms with Crippen LogP contribution in [0.4, 0.5) is 0 Å². The summed E-state index contributed by atoms with van der Waals surface area (Å²) in [6, 6.07) is 6.05. The first-order valence-corrected chi connectivity index (χ1v) is 8.29. The molecule has 0 saturated heterocycles. The fourth-order valence-corrected chi connectivity index (χ4v) is 2.96. The number of methoxy groups -OCH3 is 1. The number of nitrogens with one attached hydrogen (secondary N) is 1. The molecule has 1 aromatic heterocycles. The van der Waals surface area contributed by atoms with E-state index in [1.54, 1.807) is 7.11 Å². The molecule has 1 aromatic carbocycles. The molecule has 0 fully saturated rings. The van der Waals surface area contributed by atoms with E-state index in [2.05, 4.69) is 29.5 Å². The topological polar surface area (TPSA) is 29.9 Å². The van der Waals surface area contributed by atoms with Crippen molar-refractivity contribution < 1.29 is 4.74 Å². The van der Waals surface area contributed by atoms with Crippen LogP contribution in [0.5, 0.6) is 5.75 Å². The maximum atomic E-state index is 5.43. The van der Waals surface area contributed by atoms with Crippen molar-refractivity contribution in [2.45, 2.75) is 52.5 Å². The van der Waals surface area contributed by atoms with E-state index in [1.807, 2.05) is 12.1 Å². The molecule has 4 heteroatoms. The third kappa shape index (κ3) is 4.34. The second-order valence-corrected chi connectivity index (χ2v) is 6.45. The van der Waals surface area contributed by atoms with Gasteiger partial charge in [0.25, 0.3) is 0 Å². The lowest BCUT2D eigenvalue weighted by Crippen LogP contribution is -1.98. The van der Waals surface area contributed by atoms with Crippen LogP contribution in [0.25, 0.3) is 11.0 Å². The lowest BCUT2D eigenvalue weighted by Gasteiger charge is -2.07. The zero-order valence-electron chi connectivity index (χ0n) is 13.3. The van der Waals surface area contributed by atoms with Gasteiger partial charge in [-0.15, -0.1) is 0 Å². The summed E-state index contributed by atoms with van der Waals surface area (Å²) in [5.74, 6) is 1.70. The molecule has 0 bridgehead atoms. The van der Waals surface area contributed by atoms with Crippen molar-refractivity contribution in [1.82, 2.24) is 9.55 Å². The van der Waals surface area contributed by atoms with E-state index in [9.17, 15) is 0 Å². The summed E-state index contributed by atoms with van der Waals surface area (Å²) in [7, 11) is 1.70. The average Bonchev–Trinajstić information content (AvgIpc) is 2.77. The fourth-order valence-electron chi connectivity index (χ4n) is 2.66. The zero-order valence-corrected chi connectivity index (χ0v) is 14.1. The number of benzene rings is 1. The van der Waals surface area contributed by atoms with Crippen LogP contribution >= 0.6 is 12.2 Å². The van der Waals surface area contributed by atoms with Gasteiger partial charge in [-0.25, -0.2) is 0 Å². The second-order valence-electron chi connectivity index (χ2n) is 6.06. The molecule has 0 aliphatic carbocycles. The Bertz CT molecular complexity index is 627. The Kier molecular flexibility index (Phi) is 5.85. The van der Waals surface area contributed by atoms with Gasteiger partial charge in [0.1, 0.15) is 5.75 Å². The van der Waals surface area contributed by atoms with Crippen molar-refractivity contribution >= 4 is 23.3 Å². The van der Waals surface area contributed by atoms with Crippen LogP contribution in [0.15, 0.2) is 18.2 Å². The van der Waals surface area contributed by atoms with Crippen LogP contribution in [0.1, 0.15) is 46.0 Å². The number of hydrogen-bond acceptors (Lipinski definition) is 2. The fraction of sp³-hybridized carbons (Fsp3) is 0.588. The van der Waals surface area contributed by atoms with Gasteiger partial charge in [0.15, 0.2) is 4.77 Å². The van der Waals surface area contributed by atoms with E-state index in [-0.39, 0.29) is 0 Å². The minimum Gasteiger partial charge on any atom is -0.497 e. The number of aryl methyl sites for hydroxylation is 1. The highest BCUT2D eigenvalue weighted by Crippen LogP contribution is 2.21. The number of fused-ring (bicyclic) bond motifs is 1. The molecular weight excluding hydrogens is 280 g/mol. The molecule has 0 aliphatic heterocycles. The Hall–Kier alpha value is -1.29. The molecular formula is C17H26N2OS. The molecule has 0 aliphatic rings. The van der Waals surface area contributed by atoms with E-state index in [0.29, 0.717) is 0 Å². The summed E-state index contributed by atoms with van der Waals surface area (Å²) >= 11 is 5.43. The van der Waals surface area contributed by atoms with Gasteiger partial charge in [0.05, 0.1) is 18.1 Å². The Morgan fingerprint density at radius 1 is 1.19 bits per heavy atom. The molecule has 1 N–H and O–H groups in total. The predicted molar refractivity (Wildman–Crippen MR) is 91.6 cm³/mol. The quantitative estimate of drug-likeness (QED) is 0.529. The number of aromatic amines is 1. The minimum atomic E-state index is 0.806. The van der Waals surface area contributed by atoms with Gasteiger partial charge >= 0.3 is 0 Å². The number of ether oxygens (including phenoxy) is 1. The first-order valence-electron chi connectivity index (χ1n) is 7.88. The third-order valence-electron chi connectivity index (χ3n) is 3.90. The van der Waals surface area contributed by atoms with Gasteiger partial charge in [-0.3, -0.25) is 0 Å². The molecule has 2 aromatic rings. The third-order valence-corrected chi connectivity index (χ3v) is 4.22. The van der Waals surface area contributed by atoms with Gasteiger partial charge in [-0.2, -0.15) is 0 Å². The average molecular weight is 306 g/mol. The molecule has 0 saturated carbocycles. The van der Waals surface area contributed by atoms with Crippen LogP contribution in [-0.2, 0) is 6.54 Å². The number of rotatable bonds is 8. The molecule has 0 spiro atoms. The van der Waals surface area contributed by atoms with Gasteiger partial charge in [0.2, 0.25) is 0 Å². The highest BCUT2D eigenvalue weighted by atomic mass is 32.1. The Morgan fingerprint density at radius 2 is 1.95 bits per heavy atom. The SMILES string of the molecule is COc1ccc2[nH]c(=S)n(CCCCCCC(C)C)c2c1. The molecule has 0 atom stereocenters. The zero-order chi connectivity index (χ0) is 15.2. The maximum Gasteiger partial charge on any atom is 0.178 e. The van der Waals surface area contributed by atoms with Crippen LogP contribution < -0.4 is 4.74 Å². The Balaban J connectivity index is 1.95. The van der Waals surface area contributed by atoms with Crippen LogP contribution in [0, 0.1) is 10.7 Å². The second kappa shape index (κ2) is 7.64. The number of nitrogens with zero attached hydrogens (tertiary/aromatic N) is 1. The maximum absolute atomic E-state index is 5.43. The molecule has 3 nitrogen and oxygen atoms in total. The molecule has 0 radical (unpaired) electrons. The normalized spacial score (nSPS) is 11.4.